The molecule has 1 rings (SSSR count). The molecule has 0 fully saturated rings. The molecule has 0 spiro atoms. The van der Waals surface area contributed by atoms with Gasteiger partial charge in [-0.1, -0.05) is 13.0 Å². The van der Waals surface area contributed by atoms with Gasteiger partial charge in [-0.3, -0.25) is 0 Å². The Morgan fingerprint density at radius 1 is 1.47 bits per heavy atom. The number of aliphatic carboxylic acids is 1. The number of carboxylic acids is 1. The van der Waals surface area contributed by atoms with Crippen LogP contribution in [0.3, 0.4) is 0 Å². The molecule has 0 saturated heterocycles. The van der Waals surface area contributed by atoms with Crippen LogP contribution in [0.25, 0.3) is 0 Å². The van der Waals surface area contributed by atoms with Gasteiger partial charge in [0.25, 0.3) is 0 Å². The first kappa shape index (κ1) is 13.5. The van der Waals surface area contributed by atoms with E-state index >= 15 is 0 Å². The standard InChI is InChI=1S/C13H18FNO2/c1-4-13(3,12(16)17)15(5-2)11-8-6-7-10(14)9-11/h6-9H,4-5H2,1-3H3,(H,16,17). The summed E-state index contributed by atoms with van der Waals surface area (Å²) in [6.45, 7) is 5.85. The van der Waals surface area contributed by atoms with Crippen LogP contribution in [0.15, 0.2) is 24.3 Å². The van der Waals surface area contributed by atoms with Crippen LogP contribution in [0.4, 0.5) is 10.1 Å². The molecule has 1 aromatic rings. The van der Waals surface area contributed by atoms with Crippen LogP contribution < -0.4 is 4.90 Å². The summed E-state index contributed by atoms with van der Waals surface area (Å²) >= 11 is 0. The Morgan fingerprint density at radius 3 is 2.53 bits per heavy atom. The van der Waals surface area contributed by atoms with Crippen LogP contribution in [0.5, 0.6) is 0 Å². The Labute approximate surface area is 101 Å². The van der Waals surface area contributed by atoms with Crippen molar-refractivity contribution in [1.82, 2.24) is 0 Å². The van der Waals surface area contributed by atoms with E-state index in [4.69, 9.17) is 0 Å². The molecule has 94 valence electrons. The molecule has 1 atom stereocenters. The first-order valence-corrected chi connectivity index (χ1v) is 5.72. The first-order chi connectivity index (χ1) is 7.95. The van der Waals surface area contributed by atoms with Gasteiger partial charge in [0.05, 0.1) is 0 Å². The minimum Gasteiger partial charge on any atom is -0.480 e. The van der Waals surface area contributed by atoms with Gasteiger partial charge in [-0.05, 0) is 38.5 Å². The van der Waals surface area contributed by atoms with Gasteiger partial charge >= 0.3 is 5.97 Å². The second-order valence-corrected chi connectivity index (χ2v) is 4.16. The van der Waals surface area contributed by atoms with Gasteiger partial charge in [-0.2, -0.15) is 0 Å². The largest absolute Gasteiger partial charge is 0.480 e. The summed E-state index contributed by atoms with van der Waals surface area (Å²) < 4.78 is 13.2. The summed E-state index contributed by atoms with van der Waals surface area (Å²) in [6.07, 6.45) is 0.451. The second-order valence-electron chi connectivity index (χ2n) is 4.16. The lowest BCUT2D eigenvalue weighted by Gasteiger charge is -2.38. The fraction of sp³-hybridized carbons (Fsp3) is 0.462. The molecular formula is C13H18FNO2. The summed E-state index contributed by atoms with van der Waals surface area (Å²) in [5.74, 6) is -1.25. The number of benzene rings is 1. The Hall–Kier alpha value is -1.58. The molecule has 0 radical (unpaired) electrons. The third-order valence-electron chi connectivity index (χ3n) is 3.18. The number of hydrogen-bond acceptors (Lipinski definition) is 2. The molecule has 0 aliphatic carbocycles. The van der Waals surface area contributed by atoms with Gasteiger partial charge in [0.15, 0.2) is 0 Å². The predicted molar refractivity (Wildman–Crippen MR) is 65.8 cm³/mol. The lowest BCUT2D eigenvalue weighted by molar-refractivity contribution is -0.142. The van der Waals surface area contributed by atoms with Crippen molar-refractivity contribution in [3.05, 3.63) is 30.1 Å². The van der Waals surface area contributed by atoms with E-state index in [1.165, 1.54) is 12.1 Å². The molecule has 0 aliphatic heterocycles. The Bertz CT molecular complexity index is 408. The summed E-state index contributed by atoms with van der Waals surface area (Å²) in [4.78, 5) is 13.1. The van der Waals surface area contributed by atoms with Crippen molar-refractivity contribution < 1.29 is 14.3 Å². The second kappa shape index (κ2) is 5.17. The average Bonchev–Trinajstić information content (AvgIpc) is 2.29. The van der Waals surface area contributed by atoms with Gasteiger partial charge in [0, 0.05) is 12.2 Å². The van der Waals surface area contributed by atoms with Crippen LogP contribution in [0.1, 0.15) is 27.2 Å². The number of halogens is 1. The van der Waals surface area contributed by atoms with Crippen molar-refractivity contribution in [2.24, 2.45) is 0 Å². The lowest BCUT2D eigenvalue weighted by atomic mass is 9.95. The maximum absolute atomic E-state index is 13.2. The lowest BCUT2D eigenvalue weighted by Crippen LogP contribution is -2.52. The third-order valence-corrected chi connectivity index (χ3v) is 3.18. The summed E-state index contributed by atoms with van der Waals surface area (Å²) in [7, 11) is 0. The SMILES string of the molecule is CCN(c1cccc(F)c1)C(C)(CC)C(=O)O. The normalized spacial score (nSPS) is 14.1. The molecule has 0 aromatic heterocycles. The summed E-state index contributed by atoms with van der Waals surface area (Å²) in [5, 5.41) is 9.33. The van der Waals surface area contributed by atoms with Crippen molar-refractivity contribution in [2.75, 3.05) is 11.4 Å². The highest BCUT2D eigenvalue weighted by atomic mass is 19.1. The molecule has 0 heterocycles. The minimum atomic E-state index is -1.01. The number of carbonyl (C=O) groups is 1. The van der Waals surface area contributed by atoms with Crippen LogP contribution in [0.2, 0.25) is 0 Å². The smallest absolute Gasteiger partial charge is 0.329 e. The minimum absolute atomic E-state index is 0.357. The average molecular weight is 239 g/mol. The number of likely N-dealkylation sites (N-methyl/N-ethyl adjacent to an activating group) is 1. The van der Waals surface area contributed by atoms with Crippen molar-refractivity contribution >= 4 is 11.7 Å². The van der Waals surface area contributed by atoms with Crippen LogP contribution in [-0.2, 0) is 4.79 Å². The van der Waals surface area contributed by atoms with E-state index in [1.54, 1.807) is 24.0 Å². The highest BCUT2D eigenvalue weighted by Crippen LogP contribution is 2.27. The topological polar surface area (TPSA) is 40.5 Å². The summed E-state index contributed by atoms with van der Waals surface area (Å²) in [5.41, 5.74) is -0.415. The van der Waals surface area contributed by atoms with E-state index in [-0.39, 0.29) is 5.82 Å². The molecule has 0 saturated carbocycles. The van der Waals surface area contributed by atoms with Crippen LogP contribution >= 0.6 is 0 Å². The molecule has 17 heavy (non-hydrogen) atoms. The molecule has 4 heteroatoms. The Balaban J connectivity index is 3.18. The fourth-order valence-electron chi connectivity index (χ4n) is 1.92. The predicted octanol–water partition coefficient (Wildman–Crippen LogP) is 2.91. The first-order valence-electron chi connectivity index (χ1n) is 5.72. The Kier molecular flexibility index (Phi) is 4.10. The summed E-state index contributed by atoms with van der Waals surface area (Å²) in [6, 6.07) is 6.02. The Morgan fingerprint density at radius 2 is 2.12 bits per heavy atom. The van der Waals surface area contributed by atoms with E-state index in [0.29, 0.717) is 18.7 Å². The van der Waals surface area contributed by atoms with Gasteiger partial charge in [0.1, 0.15) is 11.4 Å². The van der Waals surface area contributed by atoms with E-state index in [1.807, 2.05) is 13.8 Å². The molecule has 1 N–H and O–H groups in total. The zero-order valence-corrected chi connectivity index (χ0v) is 10.4. The van der Waals surface area contributed by atoms with E-state index in [9.17, 15) is 14.3 Å². The molecule has 0 amide bonds. The van der Waals surface area contributed by atoms with E-state index < -0.39 is 11.5 Å². The van der Waals surface area contributed by atoms with Crippen molar-refractivity contribution in [2.45, 2.75) is 32.7 Å². The number of hydrogen-bond donors (Lipinski definition) is 1. The quantitative estimate of drug-likeness (QED) is 0.858. The molecule has 0 bridgehead atoms. The van der Waals surface area contributed by atoms with Gasteiger partial charge < -0.3 is 10.0 Å². The molecule has 0 aliphatic rings. The highest BCUT2D eigenvalue weighted by molar-refractivity contribution is 5.83. The van der Waals surface area contributed by atoms with Crippen LogP contribution in [0, 0.1) is 5.82 Å². The zero-order chi connectivity index (χ0) is 13.1. The molecular weight excluding hydrogens is 221 g/mol. The van der Waals surface area contributed by atoms with Crippen molar-refractivity contribution in [3.63, 3.8) is 0 Å². The fourth-order valence-corrected chi connectivity index (χ4v) is 1.92. The maximum atomic E-state index is 13.2. The number of carboxylic acid groups (broad SMARTS) is 1. The maximum Gasteiger partial charge on any atom is 0.329 e. The number of nitrogens with zero attached hydrogens (tertiary/aromatic N) is 1. The van der Waals surface area contributed by atoms with Crippen molar-refractivity contribution in [1.29, 1.82) is 0 Å². The zero-order valence-electron chi connectivity index (χ0n) is 10.4. The van der Waals surface area contributed by atoms with Gasteiger partial charge in [0.2, 0.25) is 0 Å². The van der Waals surface area contributed by atoms with Gasteiger partial charge in [-0.15, -0.1) is 0 Å². The number of anilines is 1. The monoisotopic (exact) mass is 239 g/mol. The van der Waals surface area contributed by atoms with E-state index in [2.05, 4.69) is 0 Å². The van der Waals surface area contributed by atoms with Gasteiger partial charge in [-0.25, -0.2) is 9.18 Å². The third kappa shape index (κ3) is 2.57. The van der Waals surface area contributed by atoms with E-state index in [0.717, 1.165) is 0 Å². The molecule has 1 aromatic carbocycles. The number of rotatable bonds is 5. The highest BCUT2D eigenvalue weighted by Gasteiger charge is 2.37. The molecule has 1 unspecified atom stereocenters. The van der Waals surface area contributed by atoms with Crippen LogP contribution in [-0.4, -0.2) is 23.2 Å². The molecule has 3 nitrogen and oxygen atoms in total. The van der Waals surface area contributed by atoms with Crippen molar-refractivity contribution in [3.8, 4) is 0 Å².